The van der Waals surface area contributed by atoms with Gasteiger partial charge in [-0.15, -0.1) is 0 Å². The number of H-pyrrole nitrogens is 1. The summed E-state index contributed by atoms with van der Waals surface area (Å²) in [5, 5.41) is 4.39. The average Bonchev–Trinajstić information content (AvgIpc) is 3.46. The van der Waals surface area contributed by atoms with Gasteiger partial charge in [0.25, 0.3) is 0 Å². The molecule has 41 heavy (non-hydrogen) atoms. The summed E-state index contributed by atoms with van der Waals surface area (Å²) in [6.45, 7) is 3.19. The second-order valence-corrected chi connectivity index (χ2v) is 10.7. The number of hydrogen-bond acceptors (Lipinski definition) is 2. The molecule has 7 heteroatoms. The Morgan fingerprint density at radius 1 is 0.829 bits per heavy atom. The van der Waals surface area contributed by atoms with E-state index >= 15 is 0 Å². The molecule has 0 bridgehead atoms. The SMILES string of the molecule is CC(CCNCC(Cc1cccc(C(F)(F)F)c1Cl)(c1ccccc1)c1ccccc1)Oc1cccc2[nH]ccc12. The van der Waals surface area contributed by atoms with Gasteiger partial charge in [-0.05, 0) is 67.3 Å². The molecule has 1 unspecified atom stereocenters. The zero-order valence-corrected chi connectivity index (χ0v) is 23.5. The van der Waals surface area contributed by atoms with E-state index in [4.69, 9.17) is 16.3 Å². The Balaban J connectivity index is 1.40. The fourth-order valence-electron chi connectivity index (χ4n) is 5.45. The van der Waals surface area contributed by atoms with Gasteiger partial charge in [0.05, 0.1) is 16.7 Å². The zero-order valence-electron chi connectivity index (χ0n) is 22.7. The van der Waals surface area contributed by atoms with Gasteiger partial charge in [-0.1, -0.05) is 90.5 Å². The number of benzene rings is 4. The minimum atomic E-state index is -4.53. The third kappa shape index (κ3) is 6.45. The van der Waals surface area contributed by atoms with E-state index in [0.717, 1.165) is 40.3 Å². The zero-order chi connectivity index (χ0) is 28.9. The van der Waals surface area contributed by atoms with Gasteiger partial charge in [-0.3, -0.25) is 0 Å². The highest BCUT2D eigenvalue weighted by Crippen LogP contribution is 2.41. The molecule has 0 spiro atoms. The summed E-state index contributed by atoms with van der Waals surface area (Å²) in [4.78, 5) is 3.20. The van der Waals surface area contributed by atoms with Gasteiger partial charge >= 0.3 is 6.18 Å². The van der Waals surface area contributed by atoms with E-state index in [2.05, 4.69) is 10.3 Å². The predicted molar refractivity (Wildman–Crippen MR) is 160 cm³/mol. The molecule has 3 nitrogen and oxygen atoms in total. The van der Waals surface area contributed by atoms with Gasteiger partial charge < -0.3 is 15.0 Å². The molecule has 0 saturated carbocycles. The minimum Gasteiger partial charge on any atom is -0.490 e. The molecule has 1 atom stereocenters. The maximum atomic E-state index is 13.7. The maximum Gasteiger partial charge on any atom is 0.417 e. The first-order valence-corrected chi connectivity index (χ1v) is 14.0. The van der Waals surface area contributed by atoms with Gasteiger partial charge in [-0.2, -0.15) is 13.2 Å². The molecule has 0 amide bonds. The van der Waals surface area contributed by atoms with E-state index in [1.54, 1.807) is 6.07 Å². The van der Waals surface area contributed by atoms with Crippen LogP contribution in [-0.4, -0.2) is 24.2 Å². The Bertz CT molecular complexity index is 1530. The number of fused-ring (bicyclic) bond motifs is 1. The van der Waals surface area contributed by atoms with E-state index in [1.807, 2.05) is 98.0 Å². The van der Waals surface area contributed by atoms with Crippen LogP contribution in [0.1, 0.15) is 35.6 Å². The van der Waals surface area contributed by atoms with Crippen LogP contribution in [0.2, 0.25) is 5.02 Å². The summed E-state index contributed by atoms with van der Waals surface area (Å²) >= 11 is 6.43. The van der Waals surface area contributed by atoms with Crippen molar-refractivity contribution in [2.75, 3.05) is 13.1 Å². The van der Waals surface area contributed by atoms with Crippen LogP contribution in [0.25, 0.3) is 10.9 Å². The first kappa shape index (κ1) is 28.8. The summed E-state index contributed by atoms with van der Waals surface area (Å²) in [6, 6.07) is 31.9. The van der Waals surface area contributed by atoms with Crippen LogP contribution < -0.4 is 10.1 Å². The first-order chi connectivity index (χ1) is 19.8. The number of ether oxygens (including phenoxy) is 1. The molecule has 0 aliphatic heterocycles. The van der Waals surface area contributed by atoms with Gasteiger partial charge in [0.2, 0.25) is 0 Å². The second-order valence-electron chi connectivity index (χ2n) is 10.4. The number of rotatable bonds is 11. The quantitative estimate of drug-likeness (QED) is 0.154. The van der Waals surface area contributed by atoms with Crippen molar-refractivity contribution in [2.24, 2.45) is 0 Å². The standard InChI is InChI=1S/C34H32ClF3N2O/c1-24(41-31-17-9-16-30-28(31)19-21-40-30)18-20-39-23-33(26-11-4-2-5-12-26,27-13-6-3-7-14-27)22-25-10-8-15-29(32(25)35)34(36,37)38/h2-17,19,21,24,39-40H,18,20,22-23H2,1H3. The fraction of sp³-hybridized carbons (Fsp3) is 0.235. The molecule has 1 aromatic heterocycles. The largest absolute Gasteiger partial charge is 0.490 e. The van der Waals surface area contributed by atoms with Gasteiger partial charge in [0.15, 0.2) is 0 Å². The molecule has 1 heterocycles. The summed E-state index contributed by atoms with van der Waals surface area (Å²) < 4.78 is 47.5. The molecule has 212 valence electrons. The van der Waals surface area contributed by atoms with E-state index in [0.29, 0.717) is 25.1 Å². The summed E-state index contributed by atoms with van der Waals surface area (Å²) in [6.07, 6.45) is -1.66. The van der Waals surface area contributed by atoms with E-state index in [-0.39, 0.29) is 11.1 Å². The third-order valence-electron chi connectivity index (χ3n) is 7.57. The lowest BCUT2D eigenvalue weighted by Crippen LogP contribution is -2.42. The first-order valence-electron chi connectivity index (χ1n) is 13.7. The van der Waals surface area contributed by atoms with Crippen LogP contribution in [-0.2, 0) is 18.0 Å². The van der Waals surface area contributed by atoms with Crippen molar-refractivity contribution in [3.63, 3.8) is 0 Å². The average molecular weight is 577 g/mol. The molecule has 0 saturated heterocycles. The van der Waals surface area contributed by atoms with E-state index in [9.17, 15) is 13.2 Å². The predicted octanol–water partition coefficient (Wildman–Crippen LogP) is 8.82. The minimum absolute atomic E-state index is 0.0521. The van der Waals surface area contributed by atoms with Crippen molar-refractivity contribution in [3.8, 4) is 5.75 Å². The number of aromatic nitrogens is 1. The summed E-state index contributed by atoms with van der Waals surface area (Å²) in [7, 11) is 0. The molecule has 0 fully saturated rings. The molecule has 2 N–H and O–H groups in total. The van der Waals surface area contributed by atoms with Crippen molar-refractivity contribution >= 4 is 22.5 Å². The van der Waals surface area contributed by atoms with Crippen LogP contribution >= 0.6 is 11.6 Å². The number of nitrogens with one attached hydrogen (secondary N) is 2. The Morgan fingerprint density at radius 2 is 1.49 bits per heavy atom. The molecule has 5 aromatic rings. The Labute approximate surface area is 243 Å². The number of hydrogen-bond donors (Lipinski definition) is 2. The van der Waals surface area contributed by atoms with Crippen LogP contribution in [0.4, 0.5) is 13.2 Å². The third-order valence-corrected chi connectivity index (χ3v) is 8.01. The fourth-order valence-corrected chi connectivity index (χ4v) is 5.75. The van der Waals surface area contributed by atoms with Gasteiger partial charge in [0, 0.05) is 29.1 Å². The molecule has 4 aromatic carbocycles. The number of aromatic amines is 1. The maximum absolute atomic E-state index is 13.7. The second kappa shape index (κ2) is 12.4. The lowest BCUT2D eigenvalue weighted by atomic mass is 9.70. The topological polar surface area (TPSA) is 37.0 Å². The van der Waals surface area contributed by atoms with Crippen molar-refractivity contribution in [1.29, 1.82) is 0 Å². The van der Waals surface area contributed by atoms with E-state index in [1.165, 1.54) is 6.07 Å². The van der Waals surface area contributed by atoms with Gasteiger partial charge in [0.1, 0.15) is 5.75 Å². The molecule has 0 aliphatic rings. The van der Waals surface area contributed by atoms with Crippen LogP contribution in [0.3, 0.4) is 0 Å². The molecule has 0 radical (unpaired) electrons. The molecule has 0 aliphatic carbocycles. The molecular formula is C34H32ClF3N2O. The van der Waals surface area contributed by atoms with Crippen molar-refractivity contribution in [3.05, 3.63) is 137 Å². The Hall–Kier alpha value is -3.74. The smallest absolute Gasteiger partial charge is 0.417 e. The monoisotopic (exact) mass is 576 g/mol. The number of alkyl halides is 3. The lowest BCUT2D eigenvalue weighted by molar-refractivity contribution is -0.137. The van der Waals surface area contributed by atoms with Crippen molar-refractivity contribution < 1.29 is 17.9 Å². The Kier molecular flexibility index (Phi) is 8.71. The normalized spacial score (nSPS) is 12.9. The van der Waals surface area contributed by atoms with Crippen LogP contribution in [0, 0.1) is 0 Å². The van der Waals surface area contributed by atoms with Crippen molar-refractivity contribution in [2.45, 2.75) is 37.5 Å². The van der Waals surface area contributed by atoms with E-state index < -0.39 is 17.2 Å². The molecule has 5 rings (SSSR count). The highest BCUT2D eigenvalue weighted by atomic mass is 35.5. The molecular weight excluding hydrogens is 545 g/mol. The summed E-state index contributed by atoms with van der Waals surface area (Å²) in [5.41, 5.74) is 1.98. The van der Waals surface area contributed by atoms with Gasteiger partial charge in [-0.25, -0.2) is 0 Å². The highest BCUT2D eigenvalue weighted by Gasteiger charge is 2.38. The summed E-state index contributed by atoms with van der Waals surface area (Å²) in [5.74, 6) is 0.832. The van der Waals surface area contributed by atoms with Crippen LogP contribution in [0.15, 0.2) is 109 Å². The Morgan fingerprint density at radius 3 is 2.15 bits per heavy atom. The highest BCUT2D eigenvalue weighted by molar-refractivity contribution is 6.32. The number of halogens is 4. The lowest BCUT2D eigenvalue weighted by Gasteiger charge is -2.36. The van der Waals surface area contributed by atoms with Crippen LogP contribution in [0.5, 0.6) is 5.75 Å². The van der Waals surface area contributed by atoms with Crippen molar-refractivity contribution in [1.82, 2.24) is 10.3 Å².